The average Bonchev–Trinajstić information content (AvgIpc) is 2.53. The Labute approximate surface area is 130 Å². The van der Waals surface area contributed by atoms with Crippen LogP contribution in [0, 0.1) is 10.1 Å². The van der Waals surface area contributed by atoms with Gasteiger partial charge in [0.1, 0.15) is 0 Å². The second-order valence-corrected chi connectivity index (χ2v) is 5.50. The zero-order chi connectivity index (χ0) is 15.9. The molecule has 1 fully saturated rings. The number of nitrogens with one attached hydrogen (secondary N) is 1. The molecule has 0 saturated carbocycles. The van der Waals surface area contributed by atoms with Crippen LogP contribution in [0.25, 0.3) is 0 Å². The number of piperazine rings is 1. The van der Waals surface area contributed by atoms with Crippen LogP contribution in [-0.4, -0.2) is 60.4 Å². The Kier molecular flexibility index (Phi) is 5.85. The molecule has 7 nitrogen and oxygen atoms in total. The third kappa shape index (κ3) is 4.51. The first kappa shape index (κ1) is 16.4. The SMILES string of the molecule is CN(CCC(=O)N1CCNCC1)Cc1ccccc1[N+](=O)[O-]. The lowest BCUT2D eigenvalue weighted by molar-refractivity contribution is -0.385. The number of carbonyl (C=O) groups is 1. The third-order valence-corrected chi connectivity index (χ3v) is 3.81. The zero-order valence-corrected chi connectivity index (χ0v) is 12.8. The molecule has 120 valence electrons. The highest BCUT2D eigenvalue weighted by molar-refractivity contribution is 5.76. The Morgan fingerprint density at radius 1 is 1.36 bits per heavy atom. The topological polar surface area (TPSA) is 78.7 Å². The largest absolute Gasteiger partial charge is 0.340 e. The Bertz CT molecular complexity index is 529. The summed E-state index contributed by atoms with van der Waals surface area (Å²) in [6.45, 7) is 4.26. The molecule has 7 heteroatoms. The number of amides is 1. The predicted molar refractivity (Wildman–Crippen MR) is 83.5 cm³/mol. The average molecular weight is 306 g/mol. The maximum Gasteiger partial charge on any atom is 0.273 e. The van der Waals surface area contributed by atoms with Gasteiger partial charge in [-0.3, -0.25) is 14.9 Å². The van der Waals surface area contributed by atoms with Crippen molar-refractivity contribution in [1.29, 1.82) is 0 Å². The number of carbonyl (C=O) groups excluding carboxylic acids is 1. The summed E-state index contributed by atoms with van der Waals surface area (Å²) in [4.78, 5) is 26.5. The number of rotatable bonds is 6. The van der Waals surface area contributed by atoms with Crippen molar-refractivity contribution in [3.63, 3.8) is 0 Å². The van der Waals surface area contributed by atoms with Gasteiger partial charge < -0.3 is 15.1 Å². The molecule has 1 N–H and O–H groups in total. The van der Waals surface area contributed by atoms with Crippen LogP contribution in [0.2, 0.25) is 0 Å². The molecule has 0 bridgehead atoms. The molecule has 0 unspecified atom stereocenters. The third-order valence-electron chi connectivity index (χ3n) is 3.81. The van der Waals surface area contributed by atoms with E-state index in [1.807, 2.05) is 16.8 Å². The monoisotopic (exact) mass is 306 g/mol. The van der Waals surface area contributed by atoms with Crippen LogP contribution in [0.5, 0.6) is 0 Å². The molecule has 1 saturated heterocycles. The van der Waals surface area contributed by atoms with Crippen LogP contribution in [0.1, 0.15) is 12.0 Å². The minimum Gasteiger partial charge on any atom is -0.340 e. The quantitative estimate of drug-likeness (QED) is 0.622. The van der Waals surface area contributed by atoms with Crippen LogP contribution >= 0.6 is 0 Å². The van der Waals surface area contributed by atoms with E-state index in [9.17, 15) is 14.9 Å². The standard InChI is InChI=1S/C15H22N4O3/c1-17(9-6-15(20)18-10-7-16-8-11-18)12-13-4-2-3-5-14(13)19(21)22/h2-5,16H,6-12H2,1H3. The maximum absolute atomic E-state index is 12.1. The lowest BCUT2D eigenvalue weighted by Crippen LogP contribution is -2.47. The van der Waals surface area contributed by atoms with E-state index in [1.54, 1.807) is 18.2 Å². The van der Waals surface area contributed by atoms with Crippen molar-refractivity contribution in [2.45, 2.75) is 13.0 Å². The minimum atomic E-state index is -0.366. The Morgan fingerprint density at radius 2 is 2.05 bits per heavy atom. The summed E-state index contributed by atoms with van der Waals surface area (Å²) in [6.07, 6.45) is 0.442. The molecule has 1 aromatic carbocycles. The number of hydrogen-bond acceptors (Lipinski definition) is 5. The molecule has 0 aromatic heterocycles. The van der Waals surface area contributed by atoms with E-state index in [-0.39, 0.29) is 16.5 Å². The van der Waals surface area contributed by atoms with Gasteiger partial charge in [-0.1, -0.05) is 18.2 Å². The van der Waals surface area contributed by atoms with E-state index in [0.29, 0.717) is 25.1 Å². The highest BCUT2D eigenvalue weighted by atomic mass is 16.6. The van der Waals surface area contributed by atoms with Gasteiger partial charge in [-0.05, 0) is 7.05 Å². The van der Waals surface area contributed by atoms with Crippen molar-refractivity contribution in [3.8, 4) is 0 Å². The predicted octanol–water partition coefficient (Wildman–Crippen LogP) is 0.849. The zero-order valence-electron chi connectivity index (χ0n) is 12.8. The van der Waals surface area contributed by atoms with Gasteiger partial charge in [-0.25, -0.2) is 0 Å². The first-order valence-corrected chi connectivity index (χ1v) is 7.47. The van der Waals surface area contributed by atoms with E-state index in [0.717, 1.165) is 26.2 Å². The number of hydrogen-bond donors (Lipinski definition) is 1. The van der Waals surface area contributed by atoms with Gasteiger partial charge in [0.25, 0.3) is 5.69 Å². The number of nitrogens with zero attached hydrogens (tertiary/aromatic N) is 3. The van der Waals surface area contributed by atoms with Crippen molar-refractivity contribution in [2.75, 3.05) is 39.8 Å². The van der Waals surface area contributed by atoms with Crippen LogP contribution in [0.15, 0.2) is 24.3 Å². The smallest absolute Gasteiger partial charge is 0.273 e. The molecule has 0 spiro atoms. The number of benzene rings is 1. The van der Waals surface area contributed by atoms with E-state index in [4.69, 9.17) is 0 Å². The summed E-state index contributed by atoms with van der Waals surface area (Å²) < 4.78 is 0. The fourth-order valence-corrected chi connectivity index (χ4v) is 2.55. The van der Waals surface area contributed by atoms with Crippen molar-refractivity contribution in [3.05, 3.63) is 39.9 Å². The van der Waals surface area contributed by atoms with Gasteiger partial charge in [0.15, 0.2) is 0 Å². The molecule has 1 heterocycles. The summed E-state index contributed by atoms with van der Waals surface area (Å²) in [5, 5.41) is 14.2. The molecule has 1 aliphatic heterocycles. The fourth-order valence-electron chi connectivity index (χ4n) is 2.55. The molecular formula is C15H22N4O3. The summed E-state index contributed by atoms with van der Waals surface area (Å²) in [7, 11) is 1.88. The van der Waals surface area contributed by atoms with Gasteiger partial charge in [0.05, 0.1) is 4.92 Å². The Balaban J connectivity index is 1.84. The maximum atomic E-state index is 12.1. The fraction of sp³-hybridized carbons (Fsp3) is 0.533. The van der Waals surface area contributed by atoms with Crippen LogP contribution in [-0.2, 0) is 11.3 Å². The van der Waals surface area contributed by atoms with Crippen LogP contribution < -0.4 is 5.32 Å². The van der Waals surface area contributed by atoms with Gasteiger partial charge in [0.2, 0.25) is 5.91 Å². The summed E-state index contributed by atoms with van der Waals surface area (Å²) in [5.74, 6) is 0.149. The molecular weight excluding hydrogens is 284 g/mol. The Morgan fingerprint density at radius 3 is 2.73 bits per heavy atom. The highest BCUT2D eigenvalue weighted by Gasteiger charge is 2.18. The first-order valence-electron chi connectivity index (χ1n) is 7.47. The van der Waals surface area contributed by atoms with Crippen molar-refractivity contribution in [2.24, 2.45) is 0 Å². The van der Waals surface area contributed by atoms with E-state index < -0.39 is 0 Å². The molecule has 1 amide bonds. The van der Waals surface area contributed by atoms with Crippen molar-refractivity contribution >= 4 is 11.6 Å². The van der Waals surface area contributed by atoms with Gasteiger partial charge >= 0.3 is 0 Å². The molecule has 0 radical (unpaired) electrons. The first-order chi connectivity index (χ1) is 10.6. The molecule has 0 atom stereocenters. The van der Waals surface area contributed by atoms with Crippen molar-refractivity contribution in [1.82, 2.24) is 15.1 Å². The van der Waals surface area contributed by atoms with Gasteiger partial charge in [-0.15, -0.1) is 0 Å². The van der Waals surface area contributed by atoms with Crippen LogP contribution in [0.4, 0.5) is 5.69 Å². The minimum absolute atomic E-state index is 0.128. The van der Waals surface area contributed by atoms with E-state index in [1.165, 1.54) is 6.07 Å². The lowest BCUT2D eigenvalue weighted by atomic mass is 10.1. The normalized spacial score (nSPS) is 15.1. The lowest BCUT2D eigenvalue weighted by Gasteiger charge is -2.28. The molecule has 22 heavy (non-hydrogen) atoms. The molecule has 1 aliphatic rings. The summed E-state index contributed by atoms with van der Waals surface area (Å²) in [6, 6.07) is 6.72. The van der Waals surface area contributed by atoms with Gasteiger partial charge in [-0.2, -0.15) is 0 Å². The van der Waals surface area contributed by atoms with E-state index >= 15 is 0 Å². The second-order valence-electron chi connectivity index (χ2n) is 5.50. The summed E-state index contributed by atoms with van der Waals surface area (Å²) in [5.41, 5.74) is 0.799. The molecule has 0 aliphatic carbocycles. The molecule has 2 rings (SSSR count). The van der Waals surface area contributed by atoms with Gasteiger partial charge in [0, 0.05) is 57.3 Å². The number of para-hydroxylation sites is 1. The molecule has 1 aromatic rings. The van der Waals surface area contributed by atoms with Crippen molar-refractivity contribution < 1.29 is 9.72 Å². The van der Waals surface area contributed by atoms with E-state index in [2.05, 4.69) is 5.32 Å². The number of nitro groups is 1. The van der Waals surface area contributed by atoms with Crippen LogP contribution in [0.3, 0.4) is 0 Å². The summed E-state index contributed by atoms with van der Waals surface area (Å²) >= 11 is 0. The highest BCUT2D eigenvalue weighted by Crippen LogP contribution is 2.19. The number of nitro benzene ring substituents is 1. The second kappa shape index (κ2) is 7.86. The Hall–Kier alpha value is -1.99.